The van der Waals surface area contributed by atoms with Crippen LogP contribution in [0.1, 0.15) is 44.9 Å². The van der Waals surface area contributed by atoms with Crippen LogP contribution in [0.4, 0.5) is 0 Å². The van der Waals surface area contributed by atoms with Gasteiger partial charge in [0.1, 0.15) is 4.75 Å². The minimum absolute atomic E-state index is 0.0777. The van der Waals surface area contributed by atoms with E-state index in [0.29, 0.717) is 12.2 Å². The van der Waals surface area contributed by atoms with Gasteiger partial charge in [0.05, 0.1) is 6.04 Å². The van der Waals surface area contributed by atoms with Crippen LogP contribution in [0.3, 0.4) is 0 Å². The van der Waals surface area contributed by atoms with Crippen molar-refractivity contribution in [2.45, 2.75) is 38.0 Å². The second kappa shape index (κ2) is 4.14. The number of rotatable bonds is 4. The van der Waals surface area contributed by atoms with Gasteiger partial charge in [-0.1, -0.05) is 12.1 Å². The highest BCUT2D eigenvalue weighted by molar-refractivity contribution is 7.91. The molecule has 1 atom stereocenters. The molecular weight excluding hydrogens is 230 g/mol. The zero-order chi connectivity index (χ0) is 12.6. The average Bonchev–Trinajstić information content (AvgIpc) is 2.64. The molecule has 1 aromatic heterocycles. The summed E-state index contributed by atoms with van der Waals surface area (Å²) in [6.45, 7) is 4.94. The van der Waals surface area contributed by atoms with Crippen molar-refractivity contribution in [2.24, 2.45) is 5.73 Å². The summed E-state index contributed by atoms with van der Waals surface area (Å²) >= 11 is 0. The fraction of sp³-hybridized carbons (Fsp3) is 0.778. The van der Waals surface area contributed by atoms with Crippen LogP contribution >= 0.6 is 0 Å². The third kappa shape index (κ3) is 2.25. The molecule has 0 fully saturated rings. The molecule has 0 saturated carbocycles. The fourth-order valence-electron chi connectivity index (χ4n) is 0.971. The third-order valence-corrected chi connectivity index (χ3v) is 4.68. The summed E-state index contributed by atoms with van der Waals surface area (Å²) in [5.74, 6) is 0.420. The molecule has 7 heteroatoms. The molecule has 0 saturated heterocycles. The van der Waals surface area contributed by atoms with Crippen molar-refractivity contribution in [1.82, 2.24) is 10.1 Å². The van der Waals surface area contributed by atoms with Crippen LogP contribution in [-0.4, -0.2) is 24.8 Å². The van der Waals surface area contributed by atoms with E-state index in [-0.39, 0.29) is 11.9 Å². The van der Waals surface area contributed by atoms with Gasteiger partial charge in [0.15, 0.2) is 15.7 Å². The van der Waals surface area contributed by atoms with Gasteiger partial charge in [-0.05, 0) is 20.3 Å². The number of nitrogens with two attached hydrogens (primary N) is 1. The molecule has 1 heterocycles. The Balaban J connectivity index is 3.12. The van der Waals surface area contributed by atoms with Crippen LogP contribution in [-0.2, 0) is 14.6 Å². The van der Waals surface area contributed by atoms with Gasteiger partial charge in [-0.15, -0.1) is 0 Å². The molecule has 0 aliphatic carbocycles. The van der Waals surface area contributed by atoms with Crippen molar-refractivity contribution in [1.29, 1.82) is 0 Å². The maximum Gasteiger partial charge on any atom is 0.247 e. The Kier molecular flexibility index (Phi) is 3.39. The summed E-state index contributed by atoms with van der Waals surface area (Å²) in [7, 11) is -3.31. The van der Waals surface area contributed by atoms with Crippen LogP contribution in [0, 0.1) is 0 Å². The molecule has 2 N–H and O–H groups in total. The van der Waals surface area contributed by atoms with E-state index >= 15 is 0 Å². The van der Waals surface area contributed by atoms with E-state index in [2.05, 4.69) is 10.1 Å². The fourth-order valence-corrected chi connectivity index (χ4v) is 1.37. The minimum Gasteiger partial charge on any atom is -0.338 e. The van der Waals surface area contributed by atoms with Gasteiger partial charge in [-0.3, -0.25) is 0 Å². The SMILES string of the molecule is CCC(N)c1noc(C(C)(C)S(C)(=O)=O)n1. The van der Waals surface area contributed by atoms with E-state index in [4.69, 9.17) is 10.3 Å². The van der Waals surface area contributed by atoms with E-state index in [0.717, 1.165) is 6.26 Å². The van der Waals surface area contributed by atoms with Gasteiger partial charge >= 0.3 is 0 Å². The van der Waals surface area contributed by atoms with Crippen molar-refractivity contribution in [2.75, 3.05) is 6.26 Å². The van der Waals surface area contributed by atoms with Gasteiger partial charge in [-0.2, -0.15) is 4.98 Å². The van der Waals surface area contributed by atoms with E-state index in [1.54, 1.807) is 0 Å². The molecule has 0 aliphatic heterocycles. The highest BCUT2D eigenvalue weighted by Gasteiger charge is 2.38. The summed E-state index contributed by atoms with van der Waals surface area (Å²) in [6.07, 6.45) is 1.80. The first-order valence-electron chi connectivity index (χ1n) is 4.99. The number of aromatic nitrogens is 2. The first-order valence-corrected chi connectivity index (χ1v) is 6.88. The lowest BCUT2D eigenvalue weighted by Gasteiger charge is -2.16. The standard InChI is InChI=1S/C9H17N3O3S/c1-5-6(10)7-11-8(15-12-7)9(2,3)16(4,13)14/h6H,5,10H2,1-4H3. The van der Waals surface area contributed by atoms with Gasteiger partial charge in [0.2, 0.25) is 5.89 Å². The summed E-state index contributed by atoms with van der Waals surface area (Å²) in [4.78, 5) is 4.04. The number of sulfone groups is 1. The van der Waals surface area contributed by atoms with Gasteiger partial charge < -0.3 is 10.3 Å². The summed E-state index contributed by atoms with van der Waals surface area (Å²) in [5, 5.41) is 3.69. The molecule has 1 unspecified atom stereocenters. The summed E-state index contributed by atoms with van der Waals surface area (Å²) in [5.41, 5.74) is 5.73. The molecule has 1 aromatic rings. The Morgan fingerprint density at radius 3 is 2.50 bits per heavy atom. The van der Waals surface area contributed by atoms with Gasteiger partial charge in [0.25, 0.3) is 0 Å². The Bertz CT molecular complexity index is 464. The lowest BCUT2D eigenvalue weighted by molar-refractivity contribution is 0.341. The Hall–Kier alpha value is -0.950. The molecule has 0 aliphatic rings. The number of hydrogen-bond donors (Lipinski definition) is 1. The van der Waals surface area contributed by atoms with Crippen molar-refractivity contribution >= 4 is 9.84 Å². The largest absolute Gasteiger partial charge is 0.338 e. The zero-order valence-electron chi connectivity index (χ0n) is 9.89. The molecule has 16 heavy (non-hydrogen) atoms. The second-order valence-electron chi connectivity index (χ2n) is 4.25. The maximum absolute atomic E-state index is 11.5. The summed E-state index contributed by atoms with van der Waals surface area (Å²) in [6, 6.07) is -0.326. The number of hydrogen-bond acceptors (Lipinski definition) is 6. The lowest BCUT2D eigenvalue weighted by atomic mass is 10.2. The molecular formula is C9H17N3O3S. The third-order valence-electron chi connectivity index (χ3n) is 2.66. The molecule has 6 nitrogen and oxygen atoms in total. The first-order chi connectivity index (χ1) is 7.20. The van der Waals surface area contributed by atoms with E-state index in [1.165, 1.54) is 13.8 Å². The molecule has 0 bridgehead atoms. The van der Waals surface area contributed by atoms with Crippen LogP contribution in [0.25, 0.3) is 0 Å². The molecule has 1 rings (SSSR count). The molecule has 92 valence electrons. The zero-order valence-corrected chi connectivity index (χ0v) is 10.7. The Labute approximate surface area is 95.1 Å². The van der Waals surface area contributed by atoms with Crippen molar-refractivity contribution in [3.63, 3.8) is 0 Å². The van der Waals surface area contributed by atoms with E-state index < -0.39 is 14.6 Å². The molecule has 0 radical (unpaired) electrons. The normalized spacial score (nSPS) is 15.1. The van der Waals surface area contributed by atoms with Crippen LogP contribution in [0.2, 0.25) is 0 Å². The highest BCUT2D eigenvalue weighted by Crippen LogP contribution is 2.28. The monoisotopic (exact) mass is 247 g/mol. The van der Waals surface area contributed by atoms with E-state index in [9.17, 15) is 8.42 Å². The second-order valence-corrected chi connectivity index (χ2v) is 6.82. The minimum atomic E-state index is -3.31. The quantitative estimate of drug-likeness (QED) is 0.843. The van der Waals surface area contributed by atoms with Crippen LogP contribution in [0.5, 0.6) is 0 Å². The highest BCUT2D eigenvalue weighted by atomic mass is 32.2. The lowest BCUT2D eigenvalue weighted by Crippen LogP contribution is -2.28. The Morgan fingerprint density at radius 1 is 1.50 bits per heavy atom. The smallest absolute Gasteiger partial charge is 0.247 e. The van der Waals surface area contributed by atoms with Gasteiger partial charge in [0, 0.05) is 6.26 Å². The molecule has 0 spiro atoms. The predicted molar refractivity (Wildman–Crippen MR) is 59.4 cm³/mol. The summed E-state index contributed by atoms with van der Waals surface area (Å²) < 4.78 is 26.9. The predicted octanol–water partition coefficient (Wildman–Crippen LogP) is 0.759. The van der Waals surface area contributed by atoms with Crippen LogP contribution < -0.4 is 5.73 Å². The maximum atomic E-state index is 11.5. The van der Waals surface area contributed by atoms with Crippen LogP contribution in [0.15, 0.2) is 4.52 Å². The van der Waals surface area contributed by atoms with Crippen molar-refractivity contribution in [3.8, 4) is 0 Å². The number of nitrogens with zero attached hydrogens (tertiary/aromatic N) is 2. The molecule has 0 amide bonds. The molecule has 0 aromatic carbocycles. The Morgan fingerprint density at radius 2 is 2.06 bits per heavy atom. The topological polar surface area (TPSA) is 99.1 Å². The average molecular weight is 247 g/mol. The van der Waals surface area contributed by atoms with Crippen molar-refractivity contribution < 1.29 is 12.9 Å². The van der Waals surface area contributed by atoms with Crippen molar-refractivity contribution in [3.05, 3.63) is 11.7 Å². The van der Waals surface area contributed by atoms with E-state index in [1.807, 2.05) is 6.92 Å². The first kappa shape index (κ1) is 13.1. The van der Waals surface area contributed by atoms with Gasteiger partial charge in [-0.25, -0.2) is 8.42 Å².